The predicted octanol–water partition coefficient (Wildman–Crippen LogP) is 5.77. The molecule has 0 saturated heterocycles. The van der Waals surface area contributed by atoms with Crippen LogP contribution < -0.4 is 5.32 Å². The molecule has 0 unspecified atom stereocenters. The topological polar surface area (TPSA) is 90.5 Å². The summed E-state index contributed by atoms with van der Waals surface area (Å²) in [4.78, 5) is 22.1. The highest BCUT2D eigenvalue weighted by atomic mass is 16.1. The van der Waals surface area contributed by atoms with Crippen LogP contribution in [-0.4, -0.2) is 35.4 Å². The number of fused-ring (bicyclic) bond motifs is 1. The van der Waals surface area contributed by atoms with E-state index in [1.165, 1.54) is 11.9 Å². The van der Waals surface area contributed by atoms with Gasteiger partial charge in [0.05, 0.1) is 29.4 Å². The van der Waals surface area contributed by atoms with Crippen molar-refractivity contribution in [1.82, 2.24) is 29.5 Å². The van der Waals surface area contributed by atoms with Crippen LogP contribution in [0.25, 0.3) is 33.7 Å². The molecule has 0 aliphatic heterocycles. The molecular weight excluding hydrogens is 486 g/mol. The first-order valence-corrected chi connectivity index (χ1v) is 12.7. The van der Waals surface area contributed by atoms with Gasteiger partial charge in [-0.1, -0.05) is 66.7 Å². The number of benzene rings is 3. The molecule has 192 valence electrons. The van der Waals surface area contributed by atoms with E-state index < -0.39 is 0 Å². The molecule has 39 heavy (non-hydrogen) atoms. The zero-order chi connectivity index (χ0) is 26.9. The van der Waals surface area contributed by atoms with Crippen LogP contribution in [0.4, 0.5) is 5.82 Å². The maximum atomic E-state index is 13.1. The highest BCUT2D eigenvalue weighted by Crippen LogP contribution is 2.26. The Bertz CT molecular complexity index is 1800. The first kappa shape index (κ1) is 24.2. The minimum atomic E-state index is -0.139. The van der Waals surface area contributed by atoms with E-state index in [0.29, 0.717) is 17.3 Å². The van der Waals surface area contributed by atoms with Gasteiger partial charge in [-0.05, 0) is 54.7 Å². The summed E-state index contributed by atoms with van der Waals surface area (Å²) < 4.78 is 3.46. The number of carbonyl (C=O) groups is 1. The van der Waals surface area contributed by atoms with Crippen molar-refractivity contribution in [2.24, 2.45) is 0 Å². The van der Waals surface area contributed by atoms with E-state index in [1.807, 2.05) is 72.3 Å². The highest BCUT2D eigenvalue weighted by molar-refractivity contribution is 5.92. The standard InChI is InChI=1S/C31H27N7O/c1-20-8-7-11-27(22(20)3)37-30-26(18-34-37)31(33-19-32-30)38-28(16-21(2)36-38)35-29(39)17-23-12-14-25(15-13-23)24-9-5-4-6-10-24/h4-16,18-19H,17H2,1-3H3,(H,35,39). The molecule has 1 N–H and O–H groups in total. The molecule has 0 radical (unpaired) electrons. The number of carbonyl (C=O) groups excluding carboxylic acids is 1. The van der Waals surface area contributed by atoms with Gasteiger partial charge < -0.3 is 5.32 Å². The third kappa shape index (κ3) is 4.68. The monoisotopic (exact) mass is 513 g/mol. The van der Waals surface area contributed by atoms with E-state index in [1.54, 1.807) is 10.9 Å². The fourth-order valence-electron chi connectivity index (χ4n) is 4.71. The zero-order valence-electron chi connectivity index (χ0n) is 22.0. The summed E-state index contributed by atoms with van der Waals surface area (Å²) in [7, 11) is 0. The van der Waals surface area contributed by atoms with Gasteiger partial charge in [0.2, 0.25) is 5.91 Å². The Morgan fingerprint density at radius 1 is 0.846 bits per heavy atom. The summed E-state index contributed by atoms with van der Waals surface area (Å²) in [5.41, 5.74) is 7.86. The van der Waals surface area contributed by atoms with Crippen LogP contribution in [-0.2, 0) is 11.2 Å². The lowest BCUT2D eigenvalue weighted by Crippen LogP contribution is -2.17. The van der Waals surface area contributed by atoms with E-state index in [9.17, 15) is 4.79 Å². The van der Waals surface area contributed by atoms with Gasteiger partial charge in [-0.2, -0.15) is 14.9 Å². The van der Waals surface area contributed by atoms with E-state index in [4.69, 9.17) is 0 Å². The van der Waals surface area contributed by atoms with Crippen molar-refractivity contribution in [2.45, 2.75) is 27.2 Å². The van der Waals surface area contributed by atoms with Crippen molar-refractivity contribution in [3.8, 4) is 22.6 Å². The van der Waals surface area contributed by atoms with Crippen LogP contribution in [0.2, 0.25) is 0 Å². The molecule has 6 aromatic rings. The summed E-state index contributed by atoms with van der Waals surface area (Å²) in [6, 6.07) is 26.2. The van der Waals surface area contributed by atoms with Crippen LogP contribution in [0.5, 0.6) is 0 Å². The maximum absolute atomic E-state index is 13.1. The Hall–Kier alpha value is -5.11. The van der Waals surface area contributed by atoms with Crippen molar-refractivity contribution in [3.63, 3.8) is 0 Å². The maximum Gasteiger partial charge on any atom is 0.229 e. The molecule has 8 heteroatoms. The Labute approximate surface area is 226 Å². The number of aromatic nitrogens is 6. The third-order valence-corrected chi connectivity index (χ3v) is 6.87. The number of hydrogen-bond acceptors (Lipinski definition) is 5. The molecule has 3 aromatic heterocycles. The van der Waals surface area contributed by atoms with Gasteiger partial charge in [0, 0.05) is 6.07 Å². The predicted molar refractivity (Wildman–Crippen MR) is 152 cm³/mol. The first-order chi connectivity index (χ1) is 19.0. The van der Waals surface area contributed by atoms with Gasteiger partial charge >= 0.3 is 0 Å². The number of aryl methyl sites for hydroxylation is 2. The van der Waals surface area contributed by atoms with Crippen LogP contribution in [0.3, 0.4) is 0 Å². The second kappa shape index (κ2) is 9.98. The number of amides is 1. The molecule has 1 amide bonds. The lowest BCUT2D eigenvalue weighted by atomic mass is 10.0. The number of hydrogen-bond donors (Lipinski definition) is 1. The van der Waals surface area contributed by atoms with Crippen molar-refractivity contribution in [1.29, 1.82) is 0 Å². The highest BCUT2D eigenvalue weighted by Gasteiger charge is 2.18. The Kier molecular flexibility index (Phi) is 6.20. The molecule has 0 aliphatic carbocycles. The molecule has 0 fully saturated rings. The molecule has 3 heterocycles. The summed E-state index contributed by atoms with van der Waals surface area (Å²) in [5.74, 6) is 0.949. The smallest absolute Gasteiger partial charge is 0.229 e. The summed E-state index contributed by atoms with van der Waals surface area (Å²) in [6.07, 6.45) is 3.48. The molecule has 6 rings (SSSR count). The van der Waals surface area contributed by atoms with E-state index >= 15 is 0 Å². The van der Waals surface area contributed by atoms with Gasteiger partial charge in [0.15, 0.2) is 11.5 Å². The van der Waals surface area contributed by atoms with Gasteiger partial charge in [-0.3, -0.25) is 4.79 Å². The number of rotatable bonds is 6. The molecule has 0 spiro atoms. The minimum absolute atomic E-state index is 0.139. The number of nitrogens with zero attached hydrogens (tertiary/aromatic N) is 6. The van der Waals surface area contributed by atoms with E-state index in [0.717, 1.165) is 39.0 Å². The quantitative estimate of drug-likeness (QED) is 0.305. The van der Waals surface area contributed by atoms with Crippen molar-refractivity contribution in [2.75, 3.05) is 5.32 Å². The van der Waals surface area contributed by atoms with Crippen molar-refractivity contribution in [3.05, 3.63) is 114 Å². The SMILES string of the molecule is Cc1cc(NC(=O)Cc2ccc(-c3ccccc3)cc2)n(-c2ncnc3c2cnn3-c2cccc(C)c2C)n1. The van der Waals surface area contributed by atoms with Crippen LogP contribution in [0.1, 0.15) is 22.4 Å². The molecule has 0 atom stereocenters. The van der Waals surface area contributed by atoms with Gasteiger partial charge in [0.1, 0.15) is 12.1 Å². The molecule has 0 aliphatic rings. The fourth-order valence-corrected chi connectivity index (χ4v) is 4.71. The summed E-state index contributed by atoms with van der Waals surface area (Å²) in [5, 5.41) is 13.0. The van der Waals surface area contributed by atoms with Crippen molar-refractivity contribution >= 4 is 22.8 Å². The van der Waals surface area contributed by atoms with Crippen LogP contribution >= 0.6 is 0 Å². The largest absolute Gasteiger partial charge is 0.310 e. The Morgan fingerprint density at radius 3 is 2.41 bits per heavy atom. The molecule has 0 bridgehead atoms. The fraction of sp³-hybridized carbons (Fsp3) is 0.129. The second-order valence-electron chi connectivity index (χ2n) is 9.58. The first-order valence-electron chi connectivity index (χ1n) is 12.7. The lowest BCUT2D eigenvalue weighted by molar-refractivity contribution is -0.115. The molecular formula is C31H27N7O. The Balaban J connectivity index is 1.27. The molecule has 8 nitrogen and oxygen atoms in total. The van der Waals surface area contributed by atoms with Crippen molar-refractivity contribution < 1.29 is 4.79 Å². The average molecular weight is 514 g/mol. The molecule has 0 saturated carbocycles. The lowest BCUT2D eigenvalue weighted by Gasteiger charge is -2.11. The summed E-state index contributed by atoms with van der Waals surface area (Å²) >= 11 is 0. The summed E-state index contributed by atoms with van der Waals surface area (Å²) in [6.45, 7) is 6.02. The molecule has 3 aromatic carbocycles. The van der Waals surface area contributed by atoms with Crippen LogP contribution in [0.15, 0.2) is 91.4 Å². The van der Waals surface area contributed by atoms with Gasteiger partial charge in [0.25, 0.3) is 0 Å². The minimum Gasteiger partial charge on any atom is -0.310 e. The third-order valence-electron chi connectivity index (χ3n) is 6.87. The van der Waals surface area contributed by atoms with E-state index in [-0.39, 0.29) is 12.3 Å². The zero-order valence-corrected chi connectivity index (χ0v) is 22.0. The number of anilines is 1. The number of nitrogens with one attached hydrogen (secondary N) is 1. The van der Waals surface area contributed by atoms with E-state index in [2.05, 4.69) is 57.5 Å². The van der Waals surface area contributed by atoms with Gasteiger partial charge in [-0.25, -0.2) is 14.6 Å². The average Bonchev–Trinajstić information content (AvgIpc) is 3.54. The van der Waals surface area contributed by atoms with Crippen LogP contribution in [0, 0.1) is 20.8 Å². The Morgan fingerprint density at radius 2 is 1.62 bits per heavy atom. The van der Waals surface area contributed by atoms with Gasteiger partial charge in [-0.15, -0.1) is 0 Å². The normalized spacial score (nSPS) is 11.2. The second-order valence-corrected chi connectivity index (χ2v) is 9.58.